The minimum absolute atomic E-state index is 0.134. The van der Waals surface area contributed by atoms with Crippen molar-refractivity contribution in [1.29, 1.82) is 0 Å². The van der Waals surface area contributed by atoms with Gasteiger partial charge in [-0.3, -0.25) is 0 Å². The van der Waals surface area contributed by atoms with Crippen molar-refractivity contribution >= 4 is 46.4 Å². The Morgan fingerprint density at radius 2 is 2.11 bits per heavy atom. The van der Waals surface area contributed by atoms with Crippen molar-refractivity contribution in [2.75, 3.05) is 11.2 Å². The summed E-state index contributed by atoms with van der Waals surface area (Å²) in [6.07, 6.45) is 0.792. The van der Waals surface area contributed by atoms with E-state index in [4.69, 9.17) is 34.8 Å². The van der Waals surface area contributed by atoms with E-state index in [1.54, 1.807) is 4.52 Å². The highest BCUT2D eigenvalue weighted by molar-refractivity contribution is 6.23. The molecule has 5 nitrogen and oxygen atoms in total. The highest BCUT2D eigenvalue weighted by Crippen LogP contribution is 2.41. The van der Waals surface area contributed by atoms with Crippen LogP contribution in [0.2, 0.25) is 0 Å². The van der Waals surface area contributed by atoms with Crippen LogP contribution < -0.4 is 5.32 Å². The smallest absolute Gasteiger partial charge is 0.254 e. The number of aromatic nitrogens is 4. The lowest BCUT2D eigenvalue weighted by molar-refractivity contribution is 0.687. The largest absolute Gasteiger partial charge is 0.353 e. The van der Waals surface area contributed by atoms with Crippen molar-refractivity contribution < 1.29 is 0 Å². The van der Waals surface area contributed by atoms with Crippen molar-refractivity contribution in [2.45, 2.75) is 30.6 Å². The number of alkyl halides is 3. The standard InChI is InChI=1S/C11H12Cl3N5/c1-5-8-6(2-3-12)9(14)17-10(8)19-11(15-5)16-7(4-13)18-19/h6,9,17H,2-4H2,1H3. The van der Waals surface area contributed by atoms with Gasteiger partial charge in [0.15, 0.2) is 5.82 Å². The Balaban J connectivity index is 2.20. The van der Waals surface area contributed by atoms with E-state index in [1.807, 2.05) is 6.92 Å². The molecule has 2 atom stereocenters. The molecule has 0 saturated carbocycles. The maximum atomic E-state index is 6.35. The molecule has 3 rings (SSSR count). The Bertz CT molecular complexity index is 626. The van der Waals surface area contributed by atoms with Gasteiger partial charge in [-0.1, -0.05) is 11.6 Å². The number of anilines is 1. The minimum atomic E-state index is -0.205. The van der Waals surface area contributed by atoms with Gasteiger partial charge >= 0.3 is 0 Å². The molecule has 8 heteroatoms. The molecule has 0 aromatic carbocycles. The molecule has 0 saturated heterocycles. The number of aryl methyl sites for hydroxylation is 1. The number of fused-ring (bicyclic) bond motifs is 3. The molecule has 0 aliphatic carbocycles. The lowest BCUT2D eigenvalue weighted by atomic mass is 9.99. The topological polar surface area (TPSA) is 55.1 Å². The fourth-order valence-electron chi connectivity index (χ4n) is 2.49. The predicted molar refractivity (Wildman–Crippen MR) is 76.4 cm³/mol. The SMILES string of the molecule is Cc1nc2nc(CCl)nn2c2c1C(CCCl)C(Cl)N2. The number of halogens is 3. The Morgan fingerprint density at radius 3 is 2.79 bits per heavy atom. The molecule has 0 fully saturated rings. The maximum absolute atomic E-state index is 6.35. The number of hydrogen-bond acceptors (Lipinski definition) is 4. The third-order valence-corrected chi connectivity index (χ3v) is 4.17. The lowest BCUT2D eigenvalue weighted by Gasteiger charge is -2.13. The van der Waals surface area contributed by atoms with E-state index in [0.717, 1.165) is 23.5 Å². The molecule has 0 bridgehead atoms. The minimum Gasteiger partial charge on any atom is -0.353 e. The molecule has 102 valence electrons. The molecule has 19 heavy (non-hydrogen) atoms. The van der Waals surface area contributed by atoms with Crippen LogP contribution in [0.4, 0.5) is 5.82 Å². The monoisotopic (exact) mass is 319 g/mol. The van der Waals surface area contributed by atoms with Crippen molar-refractivity contribution in [3.8, 4) is 0 Å². The van der Waals surface area contributed by atoms with Crippen LogP contribution in [-0.4, -0.2) is 31.0 Å². The van der Waals surface area contributed by atoms with Gasteiger partial charge in [0.05, 0.1) is 5.88 Å². The molecule has 0 spiro atoms. The van der Waals surface area contributed by atoms with E-state index in [-0.39, 0.29) is 17.3 Å². The fourth-order valence-corrected chi connectivity index (χ4v) is 3.19. The first-order valence-electron chi connectivity index (χ1n) is 5.94. The second kappa shape index (κ2) is 4.96. The van der Waals surface area contributed by atoms with Crippen LogP contribution in [0.5, 0.6) is 0 Å². The van der Waals surface area contributed by atoms with Gasteiger partial charge in [-0.15, -0.1) is 28.3 Å². The fraction of sp³-hybridized carbons (Fsp3) is 0.545. The Hall–Kier alpha value is -0.780. The first-order valence-corrected chi connectivity index (χ1v) is 7.45. The van der Waals surface area contributed by atoms with Crippen LogP contribution in [0, 0.1) is 6.92 Å². The van der Waals surface area contributed by atoms with E-state index >= 15 is 0 Å². The molecule has 0 radical (unpaired) electrons. The average molecular weight is 321 g/mol. The van der Waals surface area contributed by atoms with Crippen molar-refractivity contribution in [2.24, 2.45) is 0 Å². The van der Waals surface area contributed by atoms with Gasteiger partial charge in [0.25, 0.3) is 5.78 Å². The summed E-state index contributed by atoms with van der Waals surface area (Å²) >= 11 is 18.0. The van der Waals surface area contributed by atoms with Gasteiger partial charge in [-0.2, -0.15) is 9.50 Å². The molecule has 1 aliphatic rings. The summed E-state index contributed by atoms with van der Waals surface area (Å²) in [5.41, 5.74) is 1.77. The van der Waals surface area contributed by atoms with E-state index in [2.05, 4.69) is 20.4 Å². The van der Waals surface area contributed by atoms with Crippen LogP contribution in [-0.2, 0) is 5.88 Å². The summed E-state index contributed by atoms with van der Waals surface area (Å²) in [7, 11) is 0. The van der Waals surface area contributed by atoms with Gasteiger partial charge in [0.2, 0.25) is 0 Å². The normalized spacial score (nSPS) is 21.7. The quantitative estimate of drug-likeness (QED) is 0.698. The summed E-state index contributed by atoms with van der Waals surface area (Å²) in [5.74, 6) is 2.88. The molecular formula is C11H12Cl3N5. The zero-order chi connectivity index (χ0) is 13.6. The Morgan fingerprint density at radius 1 is 1.32 bits per heavy atom. The van der Waals surface area contributed by atoms with Crippen LogP contribution in [0.25, 0.3) is 5.78 Å². The highest BCUT2D eigenvalue weighted by atomic mass is 35.5. The molecular weight excluding hydrogens is 309 g/mol. The third-order valence-electron chi connectivity index (χ3n) is 3.30. The van der Waals surface area contributed by atoms with Crippen LogP contribution in [0.1, 0.15) is 29.4 Å². The molecule has 1 aliphatic heterocycles. The third kappa shape index (κ3) is 2.04. The first-order chi connectivity index (χ1) is 9.15. The average Bonchev–Trinajstić information content (AvgIpc) is 2.92. The summed E-state index contributed by atoms with van der Waals surface area (Å²) in [6.45, 7) is 1.95. The maximum Gasteiger partial charge on any atom is 0.254 e. The Kier molecular flexibility index (Phi) is 3.45. The zero-order valence-electron chi connectivity index (χ0n) is 10.2. The van der Waals surface area contributed by atoms with Gasteiger partial charge in [0, 0.05) is 23.1 Å². The molecule has 3 heterocycles. The van der Waals surface area contributed by atoms with Crippen molar-refractivity contribution in [3.63, 3.8) is 0 Å². The van der Waals surface area contributed by atoms with E-state index in [1.165, 1.54) is 0 Å². The van der Waals surface area contributed by atoms with Crippen LogP contribution >= 0.6 is 34.8 Å². The van der Waals surface area contributed by atoms with Crippen molar-refractivity contribution in [3.05, 3.63) is 17.1 Å². The summed E-state index contributed by atoms with van der Waals surface area (Å²) in [5, 5.41) is 7.57. The Labute approximate surface area is 125 Å². The van der Waals surface area contributed by atoms with Gasteiger partial charge in [-0.05, 0) is 13.3 Å². The lowest BCUT2D eigenvalue weighted by Crippen LogP contribution is -2.14. The van der Waals surface area contributed by atoms with Gasteiger partial charge in [0.1, 0.15) is 11.3 Å². The van der Waals surface area contributed by atoms with E-state index in [0.29, 0.717) is 17.5 Å². The van der Waals surface area contributed by atoms with E-state index < -0.39 is 0 Å². The second-order valence-electron chi connectivity index (χ2n) is 4.46. The number of rotatable bonds is 3. The number of nitrogens with one attached hydrogen (secondary N) is 1. The van der Waals surface area contributed by atoms with Gasteiger partial charge in [-0.25, -0.2) is 4.98 Å². The highest BCUT2D eigenvalue weighted by Gasteiger charge is 2.35. The summed E-state index contributed by atoms with van der Waals surface area (Å²) in [4.78, 5) is 8.74. The van der Waals surface area contributed by atoms with Gasteiger partial charge < -0.3 is 5.32 Å². The zero-order valence-corrected chi connectivity index (χ0v) is 12.5. The molecule has 2 aromatic rings. The van der Waals surface area contributed by atoms with Crippen LogP contribution in [0.15, 0.2) is 0 Å². The van der Waals surface area contributed by atoms with Crippen molar-refractivity contribution in [1.82, 2.24) is 19.6 Å². The number of hydrogen-bond donors (Lipinski definition) is 1. The predicted octanol–water partition coefficient (Wildman–Crippen LogP) is 2.87. The second-order valence-corrected chi connectivity index (χ2v) is 5.58. The molecule has 0 amide bonds. The molecule has 2 aromatic heterocycles. The number of nitrogens with zero attached hydrogens (tertiary/aromatic N) is 4. The molecule has 2 unspecified atom stereocenters. The van der Waals surface area contributed by atoms with Crippen LogP contribution in [0.3, 0.4) is 0 Å². The van der Waals surface area contributed by atoms with E-state index in [9.17, 15) is 0 Å². The first kappa shape index (κ1) is 13.2. The molecule has 1 N–H and O–H groups in total. The summed E-state index contributed by atoms with van der Waals surface area (Å²) in [6, 6.07) is 0. The summed E-state index contributed by atoms with van der Waals surface area (Å²) < 4.78 is 1.67.